The second-order valence-electron chi connectivity index (χ2n) is 4.00. The van der Waals surface area contributed by atoms with Crippen molar-refractivity contribution >= 4 is 15.9 Å². The highest BCUT2D eigenvalue weighted by Crippen LogP contribution is 2.38. The minimum atomic E-state index is -0.256. The van der Waals surface area contributed by atoms with Gasteiger partial charge in [-0.2, -0.15) is 0 Å². The Bertz CT molecular complexity index is 353. The van der Waals surface area contributed by atoms with Crippen molar-refractivity contribution in [2.45, 2.75) is 30.0 Å². The monoisotopic (exact) mass is 272 g/mol. The zero-order chi connectivity index (χ0) is 10.8. The van der Waals surface area contributed by atoms with Gasteiger partial charge in [0, 0.05) is 4.83 Å². The average molecular weight is 273 g/mol. The van der Waals surface area contributed by atoms with Gasteiger partial charge in [-0.1, -0.05) is 22.0 Å². The van der Waals surface area contributed by atoms with E-state index in [0.717, 1.165) is 18.4 Å². The Kier molecular flexibility index (Phi) is 3.29. The first kappa shape index (κ1) is 10.9. The third kappa shape index (κ3) is 2.33. The van der Waals surface area contributed by atoms with Gasteiger partial charge in [-0.05, 0) is 42.9 Å². The van der Waals surface area contributed by atoms with Gasteiger partial charge in [0.05, 0.1) is 7.11 Å². The topological polar surface area (TPSA) is 9.23 Å². The lowest BCUT2D eigenvalue weighted by atomic mass is 9.97. The molecule has 1 aliphatic rings. The van der Waals surface area contributed by atoms with E-state index >= 15 is 0 Å². The van der Waals surface area contributed by atoms with Crippen LogP contribution in [0.5, 0.6) is 5.75 Å². The van der Waals surface area contributed by atoms with Gasteiger partial charge >= 0.3 is 0 Å². The number of halogens is 2. The van der Waals surface area contributed by atoms with Crippen molar-refractivity contribution in [2.75, 3.05) is 7.11 Å². The molecule has 0 aromatic heterocycles. The van der Waals surface area contributed by atoms with Crippen molar-refractivity contribution in [3.8, 4) is 5.75 Å². The fourth-order valence-electron chi connectivity index (χ4n) is 2.17. The van der Waals surface area contributed by atoms with E-state index in [4.69, 9.17) is 4.74 Å². The maximum absolute atomic E-state index is 13.5. The standard InChI is InChI=1S/C12H14BrFO/c1-15-12-5-3-9(7-11(12)14)8-2-4-10(13)6-8/h3,5,7-8,10H,2,4,6H2,1H3. The lowest BCUT2D eigenvalue weighted by Gasteiger charge is -2.11. The van der Waals surface area contributed by atoms with Crippen molar-refractivity contribution in [1.82, 2.24) is 0 Å². The summed E-state index contributed by atoms with van der Waals surface area (Å²) in [5, 5.41) is 0. The molecule has 0 radical (unpaired) electrons. The molecule has 1 aliphatic carbocycles. The molecule has 1 nitrogen and oxygen atoms in total. The molecule has 0 N–H and O–H groups in total. The molecule has 2 rings (SSSR count). The van der Waals surface area contributed by atoms with E-state index in [2.05, 4.69) is 15.9 Å². The number of alkyl halides is 1. The SMILES string of the molecule is COc1ccc(C2CCC(Br)C2)cc1F. The number of methoxy groups -OCH3 is 1. The lowest BCUT2D eigenvalue weighted by molar-refractivity contribution is 0.386. The van der Waals surface area contributed by atoms with Gasteiger partial charge in [-0.25, -0.2) is 4.39 Å². The van der Waals surface area contributed by atoms with E-state index in [1.807, 2.05) is 6.07 Å². The van der Waals surface area contributed by atoms with Gasteiger partial charge in [0.25, 0.3) is 0 Å². The number of ether oxygens (including phenoxy) is 1. The highest BCUT2D eigenvalue weighted by atomic mass is 79.9. The summed E-state index contributed by atoms with van der Waals surface area (Å²) in [4.78, 5) is 0.590. The predicted octanol–water partition coefficient (Wildman–Crippen LogP) is 3.87. The Morgan fingerprint density at radius 3 is 2.73 bits per heavy atom. The number of hydrogen-bond acceptors (Lipinski definition) is 1. The number of benzene rings is 1. The van der Waals surface area contributed by atoms with Gasteiger partial charge in [0.2, 0.25) is 0 Å². The molecule has 2 atom stereocenters. The molecule has 1 saturated carbocycles. The summed E-state index contributed by atoms with van der Waals surface area (Å²) in [7, 11) is 1.49. The first-order chi connectivity index (χ1) is 7.20. The van der Waals surface area contributed by atoms with Gasteiger partial charge < -0.3 is 4.74 Å². The molecule has 0 spiro atoms. The summed E-state index contributed by atoms with van der Waals surface area (Å²) in [6, 6.07) is 5.29. The fourth-order valence-corrected chi connectivity index (χ4v) is 2.88. The summed E-state index contributed by atoms with van der Waals surface area (Å²) < 4.78 is 18.4. The molecular weight excluding hydrogens is 259 g/mol. The molecule has 1 aromatic rings. The summed E-state index contributed by atoms with van der Waals surface area (Å²) >= 11 is 3.60. The molecule has 3 heteroatoms. The van der Waals surface area contributed by atoms with Crippen LogP contribution in [-0.2, 0) is 0 Å². The van der Waals surface area contributed by atoms with Crippen molar-refractivity contribution in [1.29, 1.82) is 0 Å². The van der Waals surface area contributed by atoms with Crippen LogP contribution in [0, 0.1) is 5.82 Å². The van der Waals surface area contributed by atoms with Crippen LogP contribution in [0.3, 0.4) is 0 Å². The first-order valence-corrected chi connectivity index (χ1v) is 6.09. The molecular formula is C12H14BrFO. The first-order valence-electron chi connectivity index (χ1n) is 5.18. The van der Waals surface area contributed by atoms with E-state index in [-0.39, 0.29) is 5.82 Å². The minimum Gasteiger partial charge on any atom is -0.494 e. The Balaban J connectivity index is 2.19. The van der Waals surface area contributed by atoms with Gasteiger partial charge in [0.1, 0.15) is 0 Å². The van der Waals surface area contributed by atoms with Gasteiger partial charge in [0.15, 0.2) is 11.6 Å². The molecule has 1 aromatic carbocycles. The lowest BCUT2D eigenvalue weighted by Crippen LogP contribution is -1.96. The van der Waals surface area contributed by atoms with E-state index in [0.29, 0.717) is 16.5 Å². The zero-order valence-corrected chi connectivity index (χ0v) is 10.3. The Labute approximate surface area is 97.8 Å². The quantitative estimate of drug-likeness (QED) is 0.743. The van der Waals surface area contributed by atoms with Crippen LogP contribution in [0.15, 0.2) is 18.2 Å². The van der Waals surface area contributed by atoms with Crippen molar-refractivity contribution in [3.63, 3.8) is 0 Å². The molecule has 0 aliphatic heterocycles. The molecule has 15 heavy (non-hydrogen) atoms. The molecule has 0 amide bonds. The molecule has 82 valence electrons. The van der Waals surface area contributed by atoms with Gasteiger partial charge in [-0.15, -0.1) is 0 Å². The molecule has 2 unspecified atom stereocenters. The van der Waals surface area contributed by atoms with E-state index in [1.54, 1.807) is 12.1 Å². The summed E-state index contributed by atoms with van der Waals surface area (Å²) in [6.45, 7) is 0. The highest BCUT2D eigenvalue weighted by Gasteiger charge is 2.24. The number of hydrogen-bond donors (Lipinski definition) is 0. The molecule has 0 bridgehead atoms. The Hall–Kier alpha value is -0.570. The van der Waals surface area contributed by atoms with Crippen LogP contribution < -0.4 is 4.74 Å². The van der Waals surface area contributed by atoms with Crippen molar-refractivity contribution in [2.24, 2.45) is 0 Å². The van der Waals surface area contributed by atoms with Crippen LogP contribution in [-0.4, -0.2) is 11.9 Å². The van der Waals surface area contributed by atoms with E-state index in [9.17, 15) is 4.39 Å². The van der Waals surface area contributed by atoms with Gasteiger partial charge in [-0.3, -0.25) is 0 Å². The van der Waals surface area contributed by atoms with Crippen LogP contribution >= 0.6 is 15.9 Å². The third-order valence-corrected chi connectivity index (χ3v) is 3.85. The van der Waals surface area contributed by atoms with E-state index in [1.165, 1.54) is 13.5 Å². The normalized spacial score (nSPS) is 25.5. The fraction of sp³-hybridized carbons (Fsp3) is 0.500. The number of rotatable bonds is 2. The largest absolute Gasteiger partial charge is 0.494 e. The smallest absolute Gasteiger partial charge is 0.165 e. The van der Waals surface area contributed by atoms with Crippen LogP contribution in [0.25, 0.3) is 0 Å². The van der Waals surface area contributed by atoms with Crippen LogP contribution in [0.4, 0.5) is 4.39 Å². The average Bonchev–Trinajstić information content (AvgIpc) is 2.65. The van der Waals surface area contributed by atoms with Crippen molar-refractivity contribution in [3.05, 3.63) is 29.6 Å². The summed E-state index contributed by atoms with van der Waals surface area (Å²) in [5.74, 6) is 0.565. The summed E-state index contributed by atoms with van der Waals surface area (Å²) in [6.07, 6.45) is 3.42. The second kappa shape index (κ2) is 4.52. The highest BCUT2D eigenvalue weighted by molar-refractivity contribution is 9.09. The van der Waals surface area contributed by atoms with Crippen molar-refractivity contribution < 1.29 is 9.13 Å². The van der Waals surface area contributed by atoms with E-state index < -0.39 is 0 Å². The Morgan fingerprint density at radius 2 is 2.20 bits per heavy atom. The van der Waals surface area contributed by atoms with Crippen LogP contribution in [0.2, 0.25) is 0 Å². The maximum Gasteiger partial charge on any atom is 0.165 e. The molecule has 0 saturated heterocycles. The zero-order valence-electron chi connectivity index (χ0n) is 8.67. The minimum absolute atomic E-state index is 0.256. The van der Waals surface area contributed by atoms with Crippen LogP contribution in [0.1, 0.15) is 30.7 Å². The maximum atomic E-state index is 13.5. The second-order valence-corrected chi connectivity index (χ2v) is 5.30. The summed E-state index contributed by atoms with van der Waals surface area (Å²) in [5.41, 5.74) is 1.09. The molecule has 1 fully saturated rings. The Morgan fingerprint density at radius 1 is 1.40 bits per heavy atom. The predicted molar refractivity (Wildman–Crippen MR) is 62.3 cm³/mol. The molecule has 0 heterocycles. The third-order valence-electron chi connectivity index (χ3n) is 3.02.